The van der Waals surface area contributed by atoms with E-state index in [1.807, 2.05) is 29.6 Å². The topological polar surface area (TPSA) is 116 Å². The Balaban J connectivity index is 1.59. The summed E-state index contributed by atoms with van der Waals surface area (Å²) in [7, 11) is -1.69. The molecule has 2 aromatic carbocycles. The van der Waals surface area contributed by atoms with Crippen LogP contribution < -0.4 is 20.1 Å². The molecular weight excluding hydrogens is 410 g/mol. The van der Waals surface area contributed by atoms with E-state index in [0.29, 0.717) is 17.4 Å². The van der Waals surface area contributed by atoms with Crippen LogP contribution in [-0.2, 0) is 16.6 Å². The molecule has 0 bridgehead atoms. The molecule has 0 aliphatic rings. The number of hydrogen-bond donors (Lipinski definition) is 4. The first-order valence-corrected chi connectivity index (χ1v) is 11.4. The van der Waals surface area contributed by atoms with Crippen LogP contribution >= 0.6 is 11.3 Å². The van der Waals surface area contributed by atoms with E-state index in [9.17, 15) is 8.42 Å². The van der Waals surface area contributed by atoms with E-state index < -0.39 is 10.0 Å². The second kappa shape index (κ2) is 8.93. The normalized spacial score (nSPS) is 11.0. The van der Waals surface area contributed by atoms with E-state index in [1.165, 1.54) is 11.3 Å². The van der Waals surface area contributed by atoms with Crippen molar-refractivity contribution < 1.29 is 13.2 Å². The van der Waals surface area contributed by atoms with Crippen LogP contribution in [0.5, 0.6) is 5.75 Å². The molecule has 10 heteroatoms. The first-order chi connectivity index (χ1) is 13.8. The van der Waals surface area contributed by atoms with Crippen LogP contribution in [0.25, 0.3) is 11.3 Å². The van der Waals surface area contributed by atoms with Gasteiger partial charge in [-0.1, -0.05) is 30.3 Å². The van der Waals surface area contributed by atoms with Crippen LogP contribution in [0.1, 0.15) is 5.56 Å². The number of sulfonamides is 1. The molecule has 8 nitrogen and oxygen atoms in total. The van der Waals surface area contributed by atoms with Gasteiger partial charge in [0.05, 0.1) is 19.1 Å². The lowest BCUT2D eigenvalue weighted by molar-refractivity contribution is 0.409. The smallest absolute Gasteiger partial charge is 0.229 e. The fourth-order valence-electron chi connectivity index (χ4n) is 2.57. The highest BCUT2D eigenvalue weighted by atomic mass is 32.2. The van der Waals surface area contributed by atoms with Crippen molar-refractivity contribution in [3.8, 4) is 17.0 Å². The number of hydrogen-bond acceptors (Lipinski definition) is 6. The summed E-state index contributed by atoms with van der Waals surface area (Å²) in [6, 6.07) is 14.6. The van der Waals surface area contributed by atoms with Gasteiger partial charge in [-0.05, 0) is 18.2 Å². The van der Waals surface area contributed by atoms with Crippen molar-refractivity contribution in [3.05, 3.63) is 59.5 Å². The number of ether oxygens (including phenoxy) is 1. The average Bonchev–Trinajstić information content (AvgIpc) is 3.14. The van der Waals surface area contributed by atoms with Gasteiger partial charge in [-0.2, -0.15) is 0 Å². The van der Waals surface area contributed by atoms with E-state index in [0.717, 1.165) is 28.8 Å². The van der Waals surface area contributed by atoms with Crippen LogP contribution in [0, 0.1) is 5.41 Å². The average molecular weight is 432 g/mol. The third-order valence-corrected chi connectivity index (χ3v) is 5.23. The van der Waals surface area contributed by atoms with Crippen LogP contribution in [0.4, 0.5) is 10.8 Å². The van der Waals surface area contributed by atoms with E-state index in [1.54, 1.807) is 31.4 Å². The van der Waals surface area contributed by atoms with Crippen molar-refractivity contribution in [2.75, 3.05) is 23.4 Å². The van der Waals surface area contributed by atoms with Gasteiger partial charge in [0.15, 0.2) is 11.1 Å². The van der Waals surface area contributed by atoms with Crippen LogP contribution in [0.3, 0.4) is 0 Å². The third kappa shape index (κ3) is 5.93. The molecular formula is C19H21N5O3S2. The largest absolute Gasteiger partial charge is 0.496 e. The predicted molar refractivity (Wildman–Crippen MR) is 117 cm³/mol. The van der Waals surface area contributed by atoms with Gasteiger partial charge in [0.1, 0.15) is 5.75 Å². The lowest BCUT2D eigenvalue weighted by Crippen LogP contribution is -2.29. The summed E-state index contributed by atoms with van der Waals surface area (Å²) in [6.45, 7) is 0.447. The number of methoxy groups -OCH3 is 1. The summed E-state index contributed by atoms with van der Waals surface area (Å²) in [5.41, 5.74) is 3.03. The number of benzene rings is 2. The highest BCUT2D eigenvalue weighted by Gasteiger charge is 2.08. The molecule has 29 heavy (non-hydrogen) atoms. The van der Waals surface area contributed by atoms with Gasteiger partial charge >= 0.3 is 0 Å². The summed E-state index contributed by atoms with van der Waals surface area (Å²) in [5, 5.41) is 16.4. The maximum atomic E-state index is 11.3. The van der Waals surface area contributed by atoms with Crippen molar-refractivity contribution in [1.82, 2.24) is 10.3 Å². The second-order valence-electron chi connectivity index (χ2n) is 6.15. The summed E-state index contributed by atoms with van der Waals surface area (Å²) in [6.07, 6.45) is 1.11. The molecule has 0 atom stereocenters. The van der Waals surface area contributed by atoms with Crippen molar-refractivity contribution in [2.24, 2.45) is 0 Å². The summed E-state index contributed by atoms with van der Waals surface area (Å²) in [5.74, 6) is 0.891. The Morgan fingerprint density at radius 2 is 1.90 bits per heavy atom. The fourth-order valence-corrected chi connectivity index (χ4v) is 3.86. The van der Waals surface area contributed by atoms with Gasteiger partial charge in [-0.15, -0.1) is 11.3 Å². The minimum Gasteiger partial charge on any atom is -0.496 e. The predicted octanol–water partition coefficient (Wildman–Crippen LogP) is 3.33. The molecule has 1 heterocycles. The molecule has 0 aliphatic carbocycles. The Morgan fingerprint density at radius 3 is 2.59 bits per heavy atom. The highest BCUT2D eigenvalue weighted by molar-refractivity contribution is 7.92. The molecule has 152 valence electrons. The summed E-state index contributed by atoms with van der Waals surface area (Å²) in [4.78, 5) is 4.48. The molecule has 4 N–H and O–H groups in total. The number of thiazole rings is 1. The first kappa shape index (κ1) is 20.6. The number of aromatic nitrogens is 1. The molecule has 0 spiro atoms. The molecule has 0 fully saturated rings. The summed E-state index contributed by atoms with van der Waals surface area (Å²) >= 11 is 1.38. The van der Waals surface area contributed by atoms with Crippen LogP contribution in [-0.4, -0.2) is 32.7 Å². The molecule has 0 saturated heterocycles. The molecule has 0 radical (unpaired) electrons. The Labute approximate surface area is 173 Å². The SMILES string of the molecule is COc1ccccc1CNC(=N)Nc1nc(-c2ccc(NS(C)(=O)=O)cc2)cs1. The molecule has 0 aliphatic heterocycles. The van der Waals surface area contributed by atoms with E-state index >= 15 is 0 Å². The second-order valence-corrected chi connectivity index (χ2v) is 8.76. The minimum atomic E-state index is -3.31. The number of guanidine groups is 1. The maximum absolute atomic E-state index is 11.3. The van der Waals surface area contributed by atoms with Crippen molar-refractivity contribution in [3.63, 3.8) is 0 Å². The Bertz CT molecular complexity index is 1100. The number of nitrogens with zero attached hydrogens (tertiary/aromatic N) is 1. The molecule has 0 amide bonds. The zero-order valence-corrected chi connectivity index (χ0v) is 17.5. The van der Waals surface area contributed by atoms with Gasteiger partial charge < -0.3 is 15.4 Å². The molecule has 0 saturated carbocycles. The van der Waals surface area contributed by atoms with Crippen molar-refractivity contribution in [1.29, 1.82) is 5.41 Å². The Hall–Kier alpha value is -3.11. The number of rotatable bonds is 7. The van der Waals surface area contributed by atoms with E-state index in [-0.39, 0.29) is 5.96 Å². The van der Waals surface area contributed by atoms with Gasteiger partial charge in [0.25, 0.3) is 0 Å². The molecule has 1 aromatic heterocycles. The van der Waals surface area contributed by atoms with Crippen LogP contribution in [0.2, 0.25) is 0 Å². The van der Waals surface area contributed by atoms with Crippen molar-refractivity contribution >= 4 is 38.1 Å². The third-order valence-electron chi connectivity index (χ3n) is 3.87. The molecule has 3 aromatic rings. The van der Waals surface area contributed by atoms with E-state index in [2.05, 4.69) is 20.3 Å². The van der Waals surface area contributed by atoms with Gasteiger partial charge in [-0.25, -0.2) is 13.4 Å². The Morgan fingerprint density at radius 1 is 1.17 bits per heavy atom. The number of nitrogens with one attached hydrogen (secondary N) is 4. The number of anilines is 2. The first-order valence-electron chi connectivity index (χ1n) is 8.59. The minimum absolute atomic E-state index is 0.129. The number of para-hydroxylation sites is 1. The lowest BCUT2D eigenvalue weighted by Gasteiger charge is -2.11. The van der Waals surface area contributed by atoms with Crippen molar-refractivity contribution in [2.45, 2.75) is 6.54 Å². The van der Waals surface area contributed by atoms with Gasteiger partial charge in [0.2, 0.25) is 10.0 Å². The van der Waals surface area contributed by atoms with Gasteiger partial charge in [-0.3, -0.25) is 10.1 Å². The lowest BCUT2D eigenvalue weighted by atomic mass is 10.1. The van der Waals surface area contributed by atoms with Crippen LogP contribution in [0.15, 0.2) is 53.9 Å². The standard InChI is InChI=1S/C19H21N5O3S2/c1-27-17-6-4-3-5-14(17)11-21-18(20)23-19-22-16(12-28-19)13-7-9-15(10-8-13)24-29(2,25)26/h3-10,12,24H,11H2,1-2H3,(H3,20,21,22,23). The van der Waals surface area contributed by atoms with Gasteiger partial charge in [0, 0.05) is 28.7 Å². The van der Waals surface area contributed by atoms with E-state index in [4.69, 9.17) is 10.1 Å². The Kier molecular flexibility index (Phi) is 6.35. The zero-order chi connectivity index (χ0) is 20.9. The highest BCUT2D eigenvalue weighted by Crippen LogP contribution is 2.26. The quantitative estimate of drug-likeness (QED) is 0.337. The fraction of sp³-hybridized carbons (Fsp3) is 0.158. The molecule has 0 unspecified atom stereocenters. The molecule has 3 rings (SSSR count). The monoisotopic (exact) mass is 431 g/mol. The maximum Gasteiger partial charge on any atom is 0.229 e. The zero-order valence-electron chi connectivity index (χ0n) is 15.9. The summed E-state index contributed by atoms with van der Waals surface area (Å²) < 4.78 is 30.3.